The molecule has 4 rings (SSSR count). The zero-order chi connectivity index (χ0) is 19.9. The van der Waals surface area contributed by atoms with Gasteiger partial charge in [-0.1, -0.05) is 6.07 Å². The molecule has 0 atom stereocenters. The molecule has 0 aliphatic heterocycles. The summed E-state index contributed by atoms with van der Waals surface area (Å²) in [5.74, 6) is -0.880. The van der Waals surface area contributed by atoms with Gasteiger partial charge < -0.3 is 4.98 Å². The fourth-order valence-corrected chi connectivity index (χ4v) is 3.40. The molecule has 146 valence electrons. The van der Waals surface area contributed by atoms with Crippen molar-refractivity contribution in [1.82, 2.24) is 15.0 Å². The number of nitrogens with one attached hydrogen (secondary N) is 3. The van der Waals surface area contributed by atoms with Crippen molar-refractivity contribution in [3.05, 3.63) is 36.3 Å². The molecule has 0 unspecified atom stereocenters. The van der Waals surface area contributed by atoms with Gasteiger partial charge in [0.15, 0.2) is 0 Å². The average Bonchev–Trinajstić information content (AvgIpc) is 3.41. The summed E-state index contributed by atoms with van der Waals surface area (Å²) in [6.45, 7) is 1.47. The molecular weight excluding hydrogens is 385 g/mol. The molecule has 0 radical (unpaired) electrons. The summed E-state index contributed by atoms with van der Waals surface area (Å²) in [6, 6.07) is 5.87. The SMILES string of the molecule is CCS(=O)(=O)Nc1ccc(-c2nc(NC(=O)C3CC3)nc3[nH]ccc23)cc1F. The molecule has 1 aliphatic rings. The number of fused-ring (bicyclic) bond motifs is 1. The third-order valence-electron chi connectivity index (χ3n) is 4.49. The van der Waals surface area contributed by atoms with Crippen LogP contribution in [0.25, 0.3) is 22.3 Å². The van der Waals surface area contributed by atoms with Crippen LogP contribution in [0.2, 0.25) is 0 Å². The van der Waals surface area contributed by atoms with E-state index < -0.39 is 15.8 Å². The molecule has 0 spiro atoms. The zero-order valence-electron chi connectivity index (χ0n) is 15.0. The van der Waals surface area contributed by atoms with Gasteiger partial charge in [0, 0.05) is 23.1 Å². The van der Waals surface area contributed by atoms with E-state index in [0.29, 0.717) is 22.3 Å². The zero-order valence-corrected chi connectivity index (χ0v) is 15.8. The van der Waals surface area contributed by atoms with Gasteiger partial charge in [-0.05, 0) is 38.0 Å². The predicted octanol–water partition coefficient (Wildman–Crippen LogP) is 2.87. The molecule has 1 aromatic carbocycles. The number of hydrogen-bond acceptors (Lipinski definition) is 5. The highest BCUT2D eigenvalue weighted by molar-refractivity contribution is 7.92. The Balaban J connectivity index is 1.72. The average molecular weight is 403 g/mol. The number of aromatic nitrogens is 3. The summed E-state index contributed by atoms with van der Waals surface area (Å²) < 4.78 is 40.1. The van der Waals surface area contributed by atoms with Crippen LogP contribution in [0.1, 0.15) is 19.8 Å². The summed E-state index contributed by atoms with van der Waals surface area (Å²) in [4.78, 5) is 23.7. The second kappa shape index (κ2) is 6.86. The van der Waals surface area contributed by atoms with Crippen LogP contribution < -0.4 is 10.0 Å². The first-order valence-corrected chi connectivity index (χ1v) is 10.5. The summed E-state index contributed by atoms with van der Waals surface area (Å²) in [5, 5.41) is 3.35. The number of H-pyrrole nitrogens is 1. The number of benzene rings is 1. The largest absolute Gasteiger partial charge is 0.346 e. The maximum atomic E-state index is 14.5. The minimum atomic E-state index is -3.59. The summed E-state index contributed by atoms with van der Waals surface area (Å²) in [6.07, 6.45) is 3.38. The highest BCUT2D eigenvalue weighted by Crippen LogP contribution is 2.32. The Morgan fingerprint density at radius 2 is 2.07 bits per heavy atom. The molecule has 10 heteroatoms. The van der Waals surface area contributed by atoms with Crippen molar-refractivity contribution in [2.24, 2.45) is 5.92 Å². The third kappa shape index (κ3) is 3.68. The number of amides is 1. The number of nitrogens with zero attached hydrogens (tertiary/aromatic N) is 2. The molecule has 1 amide bonds. The van der Waals surface area contributed by atoms with E-state index in [0.717, 1.165) is 12.8 Å². The number of sulfonamides is 1. The number of hydrogen-bond donors (Lipinski definition) is 3. The number of anilines is 2. The highest BCUT2D eigenvalue weighted by atomic mass is 32.2. The highest BCUT2D eigenvalue weighted by Gasteiger charge is 2.30. The molecule has 0 saturated heterocycles. The van der Waals surface area contributed by atoms with Gasteiger partial charge in [0.05, 0.1) is 17.1 Å². The topological polar surface area (TPSA) is 117 Å². The Labute approximate surface area is 160 Å². The van der Waals surface area contributed by atoms with Crippen LogP contribution in [0.3, 0.4) is 0 Å². The quantitative estimate of drug-likeness (QED) is 0.585. The van der Waals surface area contributed by atoms with E-state index in [1.165, 1.54) is 19.1 Å². The van der Waals surface area contributed by atoms with Gasteiger partial charge in [-0.2, -0.15) is 4.98 Å². The maximum Gasteiger partial charge on any atom is 0.232 e. The Bertz CT molecular complexity index is 1170. The van der Waals surface area contributed by atoms with Crippen molar-refractivity contribution >= 4 is 38.6 Å². The van der Waals surface area contributed by atoms with Crippen molar-refractivity contribution in [1.29, 1.82) is 0 Å². The standard InChI is InChI=1S/C18H18FN5O3S/c1-2-28(26,27)24-14-6-5-11(9-13(14)19)15-12-7-8-20-16(12)22-18(21-15)23-17(25)10-3-4-10/h5-10,24H,2-4H2,1H3,(H2,20,21,22,23,25). The normalized spacial score (nSPS) is 14.2. The van der Waals surface area contributed by atoms with Crippen molar-refractivity contribution in [3.8, 4) is 11.3 Å². The number of carbonyl (C=O) groups is 1. The van der Waals surface area contributed by atoms with Crippen LogP contribution in [-0.4, -0.2) is 35.0 Å². The van der Waals surface area contributed by atoms with Crippen molar-refractivity contribution in [3.63, 3.8) is 0 Å². The Kier molecular flexibility index (Phi) is 4.50. The Hall–Kier alpha value is -3.01. The maximum absolute atomic E-state index is 14.5. The minimum Gasteiger partial charge on any atom is -0.346 e. The first kappa shape index (κ1) is 18.4. The van der Waals surface area contributed by atoms with Crippen LogP contribution in [0.4, 0.5) is 16.0 Å². The summed E-state index contributed by atoms with van der Waals surface area (Å²) in [5.41, 5.74) is 1.24. The Morgan fingerprint density at radius 1 is 1.29 bits per heavy atom. The predicted molar refractivity (Wildman–Crippen MR) is 104 cm³/mol. The van der Waals surface area contributed by atoms with Crippen molar-refractivity contribution < 1.29 is 17.6 Å². The van der Waals surface area contributed by atoms with Gasteiger partial charge in [-0.25, -0.2) is 17.8 Å². The van der Waals surface area contributed by atoms with Gasteiger partial charge >= 0.3 is 0 Å². The lowest BCUT2D eigenvalue weighted by Crippen LogP contribution is -2.16. The lowest BCUT2D eigenvalue weighted by molar-refractivity contribution is -0.117. The fraction of sp³-hybridized carbons (Fsp3) is 0.278. The molecule has 0 bridgehead atoms. The van der Waals surface area contributed by atoms with Gasteiger partial charge in [0.25, 0.3) is 0 Å². The van der Waals surface area contributed by atoms with Gasteiger partial charge in [0.1, 0.15) is 11.5 Å². The number of carbonyl (C=O) groups excluding carboxylic acids is 1. The van der Waals surface area contributed by atoms with Crippen LogP contribution in [-0.2, 0) is 14.8 Å². The lowest BCUT2D eigenvalue weighted by Gasteiger charge is -2.10. The summed E-state index contributed by atoms with van der Waals surface area (Å²) in [7, 11) is -3.59. The van der Waals surface area contributed by atoms with Crippen LogP contribution in [0.5, 0.6) is 0 Å². The van der Waals surface area contributed by atoms with E-state index in [1.54, 1.807) is 18.3 Å². The van der Waals surface area contributed by atoms with E-state index in [1.807, 2.05) is 0 Å². The molecular formula is C18H18FN5O3S. The second-order valence-electron chi connectivity index (χ2n) is 6.60. The molecule has 1 saturated carbocycles. The number of halogens is 1. The smallest absolute Gasteiger partial charge is 0.232 e. The van der Waals surface area contributed by atoms with E-state index in [2.05, 4.69) is 25.0 Å². The van der Waals surface area contributed by atoms with Crippen LogP contribution in [0, 0.1) is 11.7 Å². The summed E-state index contributed by atoms with van der Waals surface area (Å²) >= 11 is 0. The lowest BCUT2D eigenvalue weighted by atomic mass is 10.1. The van der Waals surface area contributed by atoms with E-state index in [-0.39, 0.29) is 29.2 Å². The second-order valence-corrected chi connectivity index (χ2v) is 8.61. The van der Waals surface area contributed by atoms with Crippen LogP contribution in [0.15, 0.2) is 30.5 Å². The van der Waals surface area contributed by atoms with Gasteiger partial charge in [-0.15, -0.1) is 0 Å². The van der Waals surface area contributed by atoms with E-state index in [9.17, 15) is 17.6 Å². The van der Waals surface area contributed by atoms with Crippen molar-refractivity contribution in [2.45, 2.75) is 19.8 Å². The van der Waals surface area contributed by atoms with E-state index >= 15 is 0 Å². The molecule has 8 nitrogen and oxygen atoms in total. The third-order valence-corrected chi connectivity index (χ3v) is 5.78. The van der Waals surface area contributed by atoms with Crippen LogP contribution >= 0.6 is 0 Å². The number of aromatic amines is 1. The van der Waals surface area contributed by atoms with Crippen molar-refractivity contribution in [2.75, 3.05) is 15.8 Å². The number of rotatable bonds is 6. The fourth-order valence-electron chi connectivity index (χ4n) is 2.76. The van der Waals surface area contributed by atoms with E-state index in [4.69, 9.17) is 0 Å². The monoisotopic (exact) mass is 403 g/mol. The first-order valence-electron chi connectivity index (χ1n) is 8.82. The molecule has 1 fully saturated rings. The Morgan fingerprint density at radius 3 is 2.75 bits per heavy atom. The molecule has 2 heterocycles. The van der Waals surface area contributed by atoms with Gasteiger partial charge in [0.2, 0.25) is 21.9 Å². The molecule has 1 aliphatic carbocycles. The van der Waals surface area contributed by atoms with Gasteiger partial charge in [-0.3, -0.25) is 14.8 Å². The molecule has 2 aromatic heterocycles. The first-order chi connectivity index (χ1) is 13.4. The minimum absolute atomic E-state index is 0.00490. The molecule has 3 aromatic rings. The molecule has 3 N–H and O–H groups in total. The molecule has 28 heavy (non-hydrogen) atoms.